The smallest absolute Gasteiger partial charge is 0.0943 e. The number of thiazole rings is 1. The highest BCUT2D eigenvalue weighted by Gasteiger charge is 2.13. The summed E-state index contributed by atoms with van der Waals surface area (Å²) in [5, 5.41) is 6.60. The first-order valence-corrected chi connectivity index (χ1v) is 6.71. The van der Waals surface area contributed by atoms with Gasteiger partial charge in [-0.1, -0.05) is 23.8 Å². The topological polar surface area (TPSA) is 24.9 Å². The van der Waals surface area contributed by atoms with Gasteiger partial charge in [0.25, 0.3) is 0 Å². The van der Waals surface area contributed by atoms with Crippen LogP contribution in [0.1, 0.15) is 27.7 Å². The second kappa shape index (κ2) is 5.43. The molecule has 1 heterocycles. The molecule has 0 aliphatic heterocycles. The van der Waals surface area contributed by atoms with Gasteiger partial charge in [0.1, 0.15) is 0 Å². The lowest BCUT2D eigenvalue weighted by Gasteiger charge is -2.18. The predicted octanol–water partition coefficient (Wildman–Crippen LogP) is 3.26. The molecule has 0 spiro atoms. The Hall–Kier alpha value is -1.19. The van der Waals surface area contributed by atoms with Crippen LogP contribution in [-0.2, 0) is 6.42 Å². The summed E-state index contributed by atoms with van der Waals surface area (Å²) in [5.41, 5.74) is 4.03. The number of aromatic nitrogens is 1. The van der Waals surface area contributed by atoms with E-state index in [1.54, 1.807) is 11.3 Å². The normalized spacial score (nSPS) is 12.6. The van der Waals surface area contributed by atoms with Gasteiger partial charge in [-0.3, -0.25) is 0 Å². The van der Waals surface area contributed by atoms with E-state index < -0.39 is 0 Å². The number of nitrogens with zero attached hydrogens (tertiary/aromatic N) is 1. The summed E-state index contributed by atoms with van der Waals surface area (Å²) in [7, 11) is 2.01. The Balaban J connectivity index is 2.23. The van der Waals surface area contributed by atoms with Crippen LogP contribution in [0.3, 0.4) is 0 Å². The maximum Gasteiger partial charge on any atom is 0.0943 e. The molecule has 1 aromatic heterocycles. The van der Waals surface area contributed by atoms with E-state index in [9.17, 15) is 0 Å². The summed E-state index contributed by atoms with van der Waals surface area (Å²) in [4.78, 5) is 4.36. The first kappa shape index (κ1) is 12.3. The van der Waals surface area contributed by atoms with Crippen molar-refractivity contribution in [2.24, 2.45) is 0 Å². The van der Waals surface area contributed by atoms with Crippen molar-refractivity contribution in [2.75, 3.05) is 7.05 Å². The maximum absolute atomic E-state index is 4.36. The summed E-state index contributed by atoms with van der Waals surface area (Å²) in [6, 6.07) is 6.98. The minimum Gasteiger partial charge on any atom is -0.313 e. The van der Waals surface area contributed by atoms with E-state index >= 15 is 0 Å². The monoisotopic (exact) mass is 246 g/mol. The molecular formula is C14H18N2S. The Morgan fingerprint density at radius 3 is 2.76 bits per heavy atom. The zero-order valence-corrected chi connectivity index (χ0v) is 11.3. The first-order valence-electron chi connectivity index (χ1n) is 5.83. The lowest BCUT2D eigenvalue weighted by molar-refractivity contribution is 0.587. The van der Waals surface area contributed by atoms with Gasteiger partial charge in [0, 0.05) is 24.0 Å². The average molecular weight is 246 g/mol. The Morgan fingerprint density at radius 2 is 2.18 bits per heavy atom. The number of benzene rings is 1. The zero-order valence-electron chi connectivity index (χ0n) is 10.5. The van der Waals surface area contributed by atoms with Crippen LogP contribution in [0, 0.1) is 13.8 Å². The lowest BCUT2D eigenvalue weighted by atomic mass is 9.97. The molecule has 0 saturated carbocycles. The van der Waals surface area contributed by atoms with E-state index in [1.165, 1.54) is 21.7 Å². The van der Waals surface area contributed by atoms with E-state index in [1.807, 2.05) is 18.6 Å². The maximum atomic E-state index is 4.36. The quantitative estimate of drug-likeness (QED) is 0.895. The molecule has 0 aliphatic carbocycles. The van der Waals surface area contributed by atoms with E-state index in [0.717, 1.165) is 6.42 Å². The number of hydrogen-bond acceptors (Lipinski definition) is 3. The molecule has 2 rings (SSSR count). The molecule has 3 heteroatoms. The molecule has 1 aromatic carbocycles. The fourth-order valence-electron chi connectivity index (χ4n) is 2.11. The Kier molecular flexibility index (Phi) is 3.92. The minimum atomic E-state index is 0.349. The van der Waals surface area contributed by atoms with Crippen molar-refractivity contribution in [3.05, 3.63) is 51.5 Å². The molecule has 90 valence electrons. The van der Waals surface area contributed by atoms with Crippen LogP contribution in [0.2, 0.25) is 0 Å². The molecule has 1 atom stereocenters. The van der Waals surface area contributed by atoms with Gasteiger partial charge < -0.3 is 5.32 Å². The molecule has 1 N–H and O–H groups in total. The van der Waals surface area contributed by atoms with E-state index in [2.05, 4.69) is 42.3 Å². The number of hydrogen-bond donors (Lipinski definition) is 1. The SMILES string of the molecule is CNC(Cc1nccs1)c1ccc(C)cc1C. The lowest BCUT2D eigenvalue weighted by Crippen LogP contribution is -2.19. The van der Waals surface area contributed by atoms with Gasteiger partial charge in [0.15, 0.2) is 0 Å². The Labute approximate surface area is 107 Å². The van der Waals surface area contributed by atoms with E-state index in [-0.39, 0.29) is 0 Å². The van der Waals surface area contributed by atoms with Crippen molar-refractivity contribution in [1.29, 1.82) is 0 Å². The summed E-state index contributed by atoms with van der Waals surface area (Å²) in [5.74, 6) is 0. The summed E-state index contributed by atoms with van der Waals surface area (Å²) < 4.78 is 0. The third-order valence-electron chi connectivity index (χ3n) is 3.01. The Bertz CT molecular complexity index is 477. The van der Waals surface area contributed by atoms with Crippen LogP contribution in [-0.4, -0.2) is 12.0 Å². The largest absolute Gasteiger partial charge is 0.313 e. The third kappa shape index (κ3) is 2.93. The molecule has 1 unspecified atom stereocenters. The Morgan fingerprint density at radius 1 is 1.35 bits per heavy atom. The molecule has 2 nitrogen and oxygen atoms in total. The summed E-state index contributed by atoms with van der Waals surface area (Å²) in [6.45, 7) is 4.31. The van der Waals surface area contributed by atoms with Crippen LogP contribution in [0.15, 0.2) is 29.8 Å². The van der Waals surface area contributed by atoms with Gasteiger partial charge in [-0.05, 0) is 32.0 Å². The fraction of sp³-hybridized carbons (Fsp3) is 0.357. The molecule has 0 amide bonds. The summed E-state index contributed by atoms with van der Waals surface area (Å²) >= 11 is 1.72. The highest BCUT2D eigenvalue weighted by molar-refractivity contribution is 7.09. The van der Waals surface area contributed by atoms with Gasteiger partial charge >= 0.3 is 0 Å². The third-order valence-corrected chi connectivity index (χ3v) is 3.81. The average Bonchev–Trinajstić information content (AvgIpc) is 2.79. The summed E-state index contributed by atoms with van der Waals surface area (Å²) in [6.07, 6.45) is 2.83. The zero-order chi connectivity index (χ0) is 12.3. The van der Waals surface area contributed by atoms with Crippen LogP contribution >= 0.6 is 11.3 Å². The highest BCUT2D eigenvalue weighted by atomic mass is 32.1. The molecule has 0 bridgehead atoms. The molecule has 2 aromatic rings. The predicted molar refractivity (Wildman–Crippen MR) is 73.5 cm³/mol. The van der Waals surface area contributed by atoms with Crippen LogP contribution in [0.25, 0.3) is 0 Å². The van der Waals surface area contributed by atoms with Crippen LogP contribution in [0.4, 0.5) is 0 Å². The number of rotatable bonds is 4. The molecule has 17 heavy (non-hydrogen) atoms. The number of likely N-dealkylation sites (N-methyl/N-ethyl adjacent to an activating group) is 1. The van der Waals surface area contributed by atoms with Gasteiger partial charge in [0.2, 0.25) is 0 Å². The van der Waals surface area contributed by atoms with Crippen LogP contribution < -0.4 is 5.32 Å². The van der Waals surface area contributed by atoms with E-state index in [0.29, 0.717) is 6.04 Å². The second-order valence-corrected chi connectivity index (χ2v) is 5.31. The standard InChI is InChI=1S/C14H18N2S/c1-10-4-5-12(11(2)8-10)13(15-3)9-14-16-6-7-17-14/h4-8,13,15H,9H2,1-3H3. The molecular weight excluding hydrogens is 228 g/mol. The van der Waals surface area contributed by atoms with Crippen LogP contribution in [0.5, 0.6) is 0 Å². The molecule has 0 radical (unpaired) electrons. The van der Waals surface area contributed by atoms with Gasteiger partial charge in [-0.25, -0.2) is 4.98 Å². The minimum absolute atomic E-state index is 0.349. The van der Waals surface area contributed by atoms with Crippen molar-refractivity contribution in [1.82, 2.24) is 10.3 Å². The highest BCUT2D eigenvalue weighted by Crippen LogP contribution is 2.23. The molecule has 0 fully saturated rings. The van der Waals surface area contributed by atoms with Crippen molar-refractivity contribution in [3.8, 4) is 0 Å². The van der Waals surface area contributed by atoms with Gasteiger partial charge in [-0.15, -0.1) is 11.3 Å². The molecule has 0 saturated heterocycles. The van der Waals surface area contributed by atoms with E-state index in [4.69, 9.17) is 0 Å². The van der Waals surface area contributed by atoms with Gasteiger partial charge in [-0.2, -0.15) is 0 Å². The first-order chi connectivity index (χ1) is 8.20. The second-order valence-electron chi connectivity index (χ2n) is 4.33. The number of aryl methyl sites for hydroxylation is 2. The van der Waals surface area contributed by atoms with Crippen molar-refractivity contribution in [2.45, 2.75) is 26.3 Å². The fourth-order valence-corrected chi connectivity index (χ4v) is 2.78. The molecule has 0 aliphatic rings. The number of nitrogens with one attached hydrogen (secondary N) is 1. The van der Waals surface area contributed by atoms with Gasteiger partial charge in [0.05, 0.1) is 5.01 Å². The van der Waals surface area contributed by atoms with Crippen molar-refractivity contribution < 1.29 is 0 Å². The van der Waals surface area contributed by atoms with Crippen molar-refractivity contribution in [3.63, 3.8) is 0 Å². The van der Waals surface area contributed by atoms with Crippen molar-refractivity contribution >= 4 is 11.3 Å².